The van der Waals surface area contributed by atoms with Gasteiger partial charge in [-0.25, -0.2) is 0 Å². The summed E-state index contributed by atoms with van der Waals surface area (Å²) >= 11 is 3.62. The van der Waals surface area contributed by atoms with E-state index in [1.165, 1.54) is 18.4 Å². The quantitative estimate of drug-likeness (QED) is 0.871. The van der Waals surface area contributed by atoms with Crippen molar-refractivity contribution in [2.75, 3.05) is 13.2 Å². The zero-order valence-electron chi connectivity index (χ0n) is 9.42. The lowest BCUT2D eigenvalue weighted by atomic mass is 10.1. The van der Waals surface area contributed by atoms with E-state index < -0.39 is 0 Å². The maximum atomic E-state index is 5.80. The predicted octanol–water partition coefficient (Wildman–Crippen LogP) is 3.13. The average molecular weight is 284 g/mol. The van der Waals surface area contributed by atoms with Gasteiger partial charge in [0.05, 0.1) is 11.1 Å². The summed E-state index contributed by atoms with van der Waals surface area (Å²) in [6, 6.07) is 6.21. The third-order valence-electron chi connectivity index (χ3n) is 2.86. The van der Waals surface area contributed by atoms with E-state index in [0.29, 0.717) is 0 Å². The van der Waals surface area contributed by atoms with Crippen LogP contribution < -0.4 is 10.5 Å². The van der Waals surface area contributed by atoms with Crippen LogP contribution in [0.2, 0.25) is 0 Å². The summed E-state index contributed by atoms with van der Waals surface area (Å²) in [5.41, 5.74) is 6.82. The third-order valence-corrected chi connectivity index (χ3v) is 3.77. The van der Waals surface area contributed by atoms with Gasteiger partial charge in [0, 0.05) is 0 Å². The minimum absolute atomic E-state index is 0.736. The fraction of sp³-hybridized carbons (Fsp3) is 0.538. The molecule has 0 bridgehead atoms. The summed E-state index contributed by atoms with van der Waals surface area (Å²) in [4.78, 5) is 0. The average Bonchev–Trinajstić information content (AvgIpc) is 3.10. The van der Waals surface area contributed by atoms with Crippen LogP contribution in [0.15, 0.2) is 22.7 Å². The van der Waals surface area contributed by atoms with E-state index in [1.54, 1.807) is 0 Å². The number of halogens is 1. The molecule has 0 saturated heterocycles. The normalized spacial score (nSPS) is 15.1. The van der Waals surface area contributed by atoms with E-state index in [-0.39, 0.29) is 0 Å². The van der Waals surface area contributed by atoms with Gasteiger partial charge in [0.1, 0.15) is 5.75 Å². The molecule has 0 aliphatic heterocycles. The van der Waals surface area contributed by atoms with Crippen molar-refractivity contribution in [3.8, 4) is 5.75 Å². The first kappa shape index (κ1) is 11.9. The van der Waals surface area contributed by atoms with Gasteiger partial charge >= 0.3 is 0 Å². The lowest BCUT2D eigenvalue weighted by Gasteiger charge is -2.11. The van der Waals surface area contributed by atoms with Crippen LogP contribution in [0.4, 0.5) is 0 Å². The highest BCUT2D eigenvalue weighted by atomic mass is 79.9. The Hall–Kier alpha value is -0.540. The van der Waals surface area contributed by atoms with E-state index in [2.05, 4.69) is 28.1 Å². The van der Waals surface area contributed by atoms with Crippen molar-refractivity contribution < 1.29 is 4.74 Å². The van der Waals surface area contributed by atoms with E-state index in [1.807, 2.05) is 6.07 Å². The van der Waals surface area contributed by atoms with E-state index in [0.717, 1.165) is 42.1 Å². The SMILES string of the molecule is NCCCc1cccc(OCC2CC2)c1Br. The highest BCUT2D eigenvalue weighted by molar-refractivity contribution is 9.10. The molecule has 1 aliphatic rings. The fourth-order valence-corrected chi connectivity index (χ4v) is 2.22. The number of rotatable bonds is 6. The number of benzene rings is 1. The van der Waals surface area contributed by atoms with Crippen LogP contribution in [0.3, 0.4) is 0 Å². The summed E-state index contributed by atoms with van der Waals surface area (Å²) in [6.07, 6.45) is 4.68. The van der Waals surface area contributed by atoms with Gasteiger partial charge in [0.2, 0.25) is 0 Å². The number of aryl methyl sites for hydroxylation is 1. The van der Waals surface area contributed by atoms with Crippen molar-refractivity contribution in [3.63, 3.8) is 0 Å². The molecule has 2 nitrogen and oxygen atoms in total. The molecule has 2 N–H and O–H groups in total. The molecule has 0 atom stereocenters. The zero-order valence-corrected chi connectivity index (χ0v) is 11.0. The van der Waals surface area contributed by atoms with Gasteiger partial charge in [-0.05, 0) is 65.7 Å². The number of ether oxygens (including phenoxy) is 1. The molecular weight excluding hydrogens is 266 g/mol. The van der Waals surface area contributed by atoms with Crippen molar-refractivity contribution >= 4 is 15.9 Å². The second kappa shape index (κ2) is 5.69. The maximum Gasteiger partial charge on any atom is 0.133 e. The number of nitrogens with two attached hydrogens (primary N) is 1. The summed E-state index contributed by atoms with van der Waals surface area (Å²) in [6.45, 7) is 1.60. The van der Waals surface area contributed by atoms with Crippen molar-refractivity contribution in [1.29, 1.82) is 0 Å². The fourth-order valence-electron chi connectivity index (χ4n) is 1.65. The lowest BCUT2D eigenvalue weighted by Crippen LogP contribution is -2.03. The van der Waals surface area contributed by atoms with Crippen molar-refractivity contribution in [1.82, 2.24) is 0 Å². The molecule has 1 aromatic rings. The lowest BCUT2D eigenvalue weighted by molar-refractivity contribution is 0.297. The van der Waals surface area contributed by atoms with Gasteiger partial charge in [-0.15, -0.1) is 0 Å². The van der Waals surface area contributed by atoms with Gasteiger partial charge in [0.25, 0.3) is 0 Å². The molecule has 1 aromatic carbocycles. The molecule has 1 aliphatic carbocycles. The van der Waals surface area contributed by atoms with Crippen LogP contribution in [0, 0.1) is 5.92 Å². The first-order valence-electron chi connectivity index (χ1n) is 5.91. The van der Waals surface area contributed by atoms with Crippen molar-refractivity contribution in [3.05, 3.63) is 28.2 Å². The zero-order chi connectivity index (χ0) is 11.4. The molecule has 0 unspecified atom stereocenters. The Morgan fingerprint density at radius 1 is 1.38 bits per heavy atom. The molecule has 0 amide bonds. The molecule has 1 fully saturated rings. The smallest absolute Gasteiger partial charge is 0.133 e. The molecule has 0 radical (unpaired) electrons. The summed E-state index contributed by atoms with van der Waals surface area (Å²) < 4.78 is 6.90. The summed E-state index contributed by atoms with van der Waals surface area (Å²) in [5.74, 6) is 1.76. The number of hydrogen-bond acceptors (Lipinski definition) is 2. The van der Waals surface area contributed by atoms with Crippen LogP contribution in [0.1, 0.15) is 24.8 Å². The molecule has 0 heterocycles. The van der Waals surface area contributed by atoms with Gasteiger partial charge in [-0.1, -0.05) is 12.1 Å². The molecule has 88 valence electrons. The molecule has 0 spiro atoms. The highest BCUT2D eigenvalue weighted by Crippen LogP contribution is 2.33. The minimum Gasteiger partial charge on any atom is -0.492 e. The summed E-state index contributed by atoms with van der Waals surface area (Å²) in [7, 11) is 0. The van der Waals surface area contributed by atoms with E-state index in [9.17, 15) is 0 Å². The van der Waals surface area contributed by atoms with Crippen molar-refractivity contribution in [2.24, 2.45) is 11.7 Å². The Morgan fingerprint density at radius 3 is 2.88 bits per heavy atom. The number of hydrogen-bond donors (Lipinski definition) is 1. The van der Waals surface area contributed by atoms with Gasteiger partial charge in [-0.2, -0.15) is 0 Å². The van der Waals surface area contributed by atoms with Crippen LogP contribution in [0.5, 0.6) is 5.75 Å². The Kier molecular flexibility index (Phi) is 4.24. The summed E-state index contributed by atoms with van der Waals surface area (Å²) in [5, 5.41) is 0. The highest BCUT2D eigenvalue weighted by Gasteiger charge is 2.22. The molecule has 3 heteroatoms. The maximum absolute atomic E-state index is 5.80. The van der Waals surface area contributed by atoms with E-state index >= 15 is 0 Å². The predicted molar refractivity (Wildman–Crippen MR) is 69.7 cm³/mol. The van der Waals surface area contributed by atoms with Gasteiger partial charge < -0.3 is 10.5 Å². The van der Waals surface area contributed by atoms with Crippen LogP contribution in [-0.4, -0.2) is 13.2 Å². The topological polar surface area (TPSA) is 35.2 Å². The standard InChI is InChI=1S/C13H18BrNO/c14-13-11(4-2-8-15)3-1-5-12(13)16-9-10-6-7-10/h1,3,5,10H,2,4,6-9,15H2. The Bertz CT molecular complexity index is 350. The molecule has 0 aromatic heterocycles. The monoisotopic (exact) mass is 283 g/mol. The van der Waals surface area contributed by atoms with Gasteiger partial charge in [0.15, 0.2) is 0 Å². The molecule has 2 rings (SSSR count). The van der Waals surface area contributed by atoms with Crippen LogP contribution in [0.25, 0.3) is 0 Å². The Morgan fingerprint density at radius 2 is 2.19 bits per heavy atom. The van der Waals surface area contributed by atoms with Crippen molar-refractivity contribution in [2.45, 2.75) is 25.7 Å². The van der Waals surface area contributed by atoms with Crippen LogP contribution in [-0.2, 0) is 6.42 Å². The van der Waals surface area contributed by atoms with Gasteiger partial charge in [-0.3, -0.25) is 0 Å². The second-order valence-electron chi connectivity index (χ2n) is 4.38. The molecule has 1 saturated carbocycles. The minimum atomic E-state index is 0.736. The second-order valence-corrected chi connectivity index (χ2v) is 5.17. The molecular formula is C13H18BrNO. The Labute approximate surface area is 105 Å². The first-order chi connectivity index (χ1) is 7.81. The first-order valence-corrected chi connectivity index (χ1v) is 6.71. The molecule has 16 heavy (non-hydrogen) atoms. The van der Waals surface area contributed by atoms with Crippen LogP contribution >= 0.6 is 15.9 Å². The third kappa shape index (κ3) is 3.22. The van der Waals surface area contributed by atoms with E-state index in [4.69, 9.17) is 10.5 Å². The largest absolute Gasteiger partial charge is 0.492 e. The Balaban J connectivity index is 1.99.